The highest BCUT2D eigenvalue weighted by Crippen LogP contribution is 2.20. The Morgan fingerprint density at radius 1 is 1.19 bits per heavy atom. The topological polar surface area (TPSA) is 41.0 Å². The molecule has 0 unspecified atom stereocenters. The Labute approximate surface area is 127 Å². The largest absolute Gasteiger partial charge is 0.366 e. The average Bonchev–Trinajstić information content (AvgIpc) is 2.52. The summed E-state index contributed by atoms with van der Waals surface area (Å²) < 4.78 is 0. The van der Waals surface area contributed by atoms with Gasteiger partial charge in [-0.05, 0) is 39.4 Å². The Morgan fingerprint density at radius 3 is 2.71 bits per heavy atom. The lowest BCUT2D eigenvalue weighted by Crippen LogP contribution is -2.25. The molecule has 2 rings (SSSR count). The van der Waals surface area contributed by atoms with Gasteiger partial charge in [0.25, 0.3) is 0 Å². The number of nitrogens with one attached hydrogen (secondary N) is 1. The van der Waals surface area contributed by atoms with Gasteiger partial charge in [-0.25, -0.2) is 0 Å². The molecule has 0 aliphatic heterocycles. The SMILES string of the molecule is CCN(CC)CCC[C@H](C)Nc1nncc2ccccc12. The number of rotatable bonds is 8. The van der Waals surface area contributed by atoms with Gasteiger partial charge < -0.3 is 10.2 Å². The predicted octanol–water partition coefficient (Wildman–Crippen LogP) is 3.55. The van der Waals surface area contributed by atoms with Crippen LogP contribution >= 0.6 is 0 Å². The highest BCUT2D eigenvalue weighted by Gasteiger charge is 2.08. The molecular weight excluding hydrogens is 260 g/mol. The maximum atomic E-state index is 4.25. The molecule has 1 N–H and O–H groups in total. The molecule has 1 heterocycles. The van der Waals surface area contributed by atoms with Gasteiger partial charge in [-0.15, -0.1) is 5.10 Å². The van der Waals surface area contributed by atoms with Crippen molar-refractivity contribution < 1.29 is 0 Å². The minimum Gasteiger partial charge on any atom is -0.366 e. The lowest BCUT2D eigenvalue weighted by Gasteiger charge is -2.20. The minimum absolute atomic E-state index is 0.403. The molecule has 0 saturated carbocycles. The van der Waals surface area contributed by atoms with E-state index >= 15 is 0 Å². The van der Waals surface area contributed by atoms with E-state index in [-0.39, 0.29) is 0 Å². The van der Waals surface area contributed by atoms with Crippen molar-refractivity contribution in [2.45, 2.75) is 39.7 Å². The molecule has 1 aromatic carbocycles. The van der Waals surface area contributed by atoms with Crippen LogP contribution in [0.25, 0.3) is 10.8 Å². The maximum absolute atomic E-state index is 4.25. The van der Waals surface area contributed by atoms with Crippen molar-refractivity contribution in [1.82, 2.24) is 15.1 Å². The number of hydrogen-bond acceptors (Lipinski definition) is 4. The number of fused-ring (bicyclic) bond motifs is 1. The Bertz CT molecular complexity index is 546. The van der Waals surface area contributed by atoms with Gasteiger partial charge in [0.2, 0.25) is 0 Å². The first-order valence-electron chi connectivity index (χ1n) is 7.94. The van der Waals surface area contributed by atoms with Gasteiger partial charge in [0.1, 0.15) is 0 Å². The Kier molecular flexibility index (Phi) is 5.93. The molecule has 1 aromatic heterocycles. The van der Waals surface area contributed by atoms with E-state index in [0.29, 0.717) is 6.04 Å². The van der Waals surface area contributed by atoms with Crippen molar-refractivity contribution in [2.75, 3.05) is 25.0 Å². The summed E-state index contributed by atoms with van der Waals surface area (Å²) in [5.74, 6) is 0.892. The molecule has 0 aliphatic carbocycles. The number of nitrogens with zero attached hydrogens (tertiary/aromatic N) is 3. The van der Waals surface area contributed by atoms with Gasteiger partial charge in [0.05, 0.1) is 6.20 Å². The minimum atomic E-state index is 0.403. The van der Waals surface area contributed by atoms with Crippen LogP contribution in [0.4, 0.5) is 5.82 Å². The van der Waals surface area contributed by atoms with Crippen LogP contribution in [0.2, 0.25) is 0 Å². The summed E-state index contributed by atoms with van der Waals surface area (Å²) in [5, 5.41) is 14.1. The number of aromatic nitrogens is 2. The summed E-state index contributed by atoms with van der Waals surface area (Å²) in [7, 11) is 0. The molecule has 0 radical (unpaired) electrons. The fourth-order valence-corrected chi connectivity index (χ4v) is 2.60. The zero-order chi connectivity index (χ0) is 15.1. The van der Waals surface area contributed by atoms with Crippen LogP contribution in [0, 0.1) is 0 Å². The summed E-state index contributed by atoms with van der Waals surface area (Å²) in [6.45, 7) is 10.1. The fraction of sp³-hybridized carbons (Fsp3) is 0.529. The Balaban J connectivity index is 1.91. The molecule has 1 atom stereocenters. The predicted molar refractivity (Wildman–Crippen MR) is 89.6 cm³/mol. The second-order valence-corrected chi connectivity index (χ2v) is 5.49. The van der Waals surface area contributed by atoms with Crippen LogP contribution in [-0.2, 0) is 0 Å². The van der Waals surface area contributed by atoms with E-state index in [4.69, 9.17) is 0 Å². The van der Waals surface area contributed by atoms with Gasteiger partial charge in [0.15, 0.2) is 5.82 Å². The Morgan fingerprint density at radius 2 is 1.95 bits per heavy atom. The van der Waals surface area contributed by atoms with Crippen LogP contribution in [-0.4, -0.2) is 40.8 Å². The van der Waals surface area contributed by atoms with E-state index in [2.05, 4.69) is 53.3 Å². The van der Waals surface area contributed by atoms with Crippen LogP contribution in [0.5, 0.6) is 0 Å². The quantitative estimate of drug-likeness (QED) is 0.805. The van der Waals surface area contributed by atoms with Gasteiger partial charge in [-0.3, -0.25) is 0 Å². The Hall–Kier alpha value is -1.68. The molecule has 114 valence electrons. The third kappa shape index (κ3) is 4.39. The van der Waals surface area contributed by atoms with E-state index in [1.54, 1.807) is 0 Å². The summed E-state index contributed by atoms with van der Waals surface area (Å²) in [5.41, 5.74) is 0. The third-order valence-electron chi connectivity index (χ3n) is 3.96. The molecule has 4 heteroatoms. The standard InChI is InChI=1S/C17H26N4/c1-4-21(5-2)12-8-9-14(3)19-17-16-11-7-6-10-15(16)13-18-20-17/h6-7,10-11,13-14H,4-5,8-9,12H2,1-3H3,(H,19,20)/t14-/m0/s1. The molecule has 0 fully saturated rings. The van der Waals surface area contributed by atoms with Crippen molar-refractivity contribution in [2.24, 2.45) is 0 Å². The highest BCUT2D eigenvalue weighted by molar-refractivity contribution is 5.90. The van der Waals surface area contributed by atoms with Gasteiger partial charge in [0, 0.05) is 16.8 Å². The third-order valence-corrected chi connectivity index (χ3v) is 3.96. The van der Waals surface area contributed by atoms with Crippen LogP contribution in [0.15, 0.2) is 30.5 Å². The highest BCUT2D eigenvalue weighted by atomic mass is 15.2. The van der Waals surface area contributed by atoms with Crippen LogP contribution in [0.1, 0.15) is 33.6 Å². The molecule has 0 bridgehead atoms. The molecule has 0 aliphatic rings. The number of anilines is 1. The maximum Gasteiger partial charge on any atom is 0.156 e. The molecule has 21 heavy (non-hydrogen) atoms. The van der Waals surface area contributed by atoms with E-state index in [1.165, 1.54) is 13.0 Å². The lowest BCUT2D eigenvalue weighted by molar-refractivity contribution is 0.295. The molecule has 2 aromatic rings. The smallest absolute Gasteiger partial charge is 0.156 e. The molecule has 4 nitrogen and oxygen atoms in total. The fourth-order valence-electron chi connectivity index (χ4n) is 2.60. The lowest BCUT2D eigenvalue weighted by atomic mass is 10.1. The summed E-state index contributed by atoms with van der Waals surface area (Å²) in [6, 6.07) is 8.64. The first kappa shape index (κ1) is 15.7. The second kappa shape index (κ2) is 7.93. The molecule has 0 spiro atoms. The average molecular weight is 286 g/mol. The van der Waals surface area contributed by atoms with Crippen molar-refractivity contribution in [3.8, 4) is 0 Å². The first-order chi connectivity index (χ1) is 10.2. The first-order valence-corrected chi connectivity index (χ1v) is 7.94. The summed E-state index contributed by atoms with van der Waals surface area (Å²) >= 11 is 0. The van der Waals surface area contributed by atoms with Gasteiger partial charge >= 0.3 is 0 Å². The van der Waals surface area contributed by atoms with E-state index < -0.39 is 0 Å². The van der Waals surface area contributed by atoms with Crippen molar-refractivity contribution >= 4 is 16.6 Å². The summed E-state index contributed by atoms with van der Waals surface area (Å²) in [4.78, 5) is 2.46. The number of hydrogen-bond donors (Lipinski definition) is 1. The van der Waals surface area contributed by atoms with E-state index in [0.717, 1.165) is 36.1 Å². The van der Waals surface area contributed by atoms with Gasteiger partial charge in [-0.2, -0.15) is 5.10 Å². The van der Waals surface area contributed by atoms with E-state index in [1.807, 2.05) is 18.3 Å². The molecular formula is C17H26N4. The van der Waals surface area contributed by atoms with Crippen molar-refractivity contribution in [3.05, 3.63) is 30.5 Å². The number of benzene rings is 1. The van der Waals surface area contributed by atoms with Crippen LogP contribution < -0.4 is 5.32 Å². The van der Waals surface area contributed by atoms with E-state index in [9.17, 15) is 0 Å². The monoisotopic (exact) mass is 286 g/mol. The zero-order valence-corrected chi connectivity index (χ0v) is 13.3. The molecule has 0 amide bonds. The van der Waals surface area contributed by atoms with Crippen LogP contribution in [0.3, 0.4) is 0 Å². The summed E-state index contributed by atoms with van der Waals surface area (Å²) in [6.07, 6.45) is 4.15. The van der Waals surface area contributed by atoms with Crippen molar-refractivity contribution in [1.29, 1.82) is 0 Å². The normalized spacial score (nSPS) is 12.8. The van der Waals surface area contributed by atoms with Crippen molar-refractivity contribution in [3.63, 3.8) is 0 Å². The second-order valence-electron chi connectivity index (χ2n) is 5.49. The molecule has 0 saturated heterocycles. The van der Waals surface area contributed by atoms with Gasteiger partial charge in [-0.1, -0.05) is 38.1 Å². The zero-order valence-electron chi connectivity index (χ0n) is 13.3.